The highest BCUT2D eigenvalue weighted by Gasteiger charge is 2.20. The van der Waals surface area contributed by atoms with Crippen molar-refractivity contribution in [3.05, 3.63) is 118 Å². The number of ether oxygens (including phenoxy) is 1. The highest BCUT2D eigenvalue weighted by atomic mass is 19.1. The van der Waals surface area contributed by atoms with Gasteiger partial charge in [0.05, 0.1) is 17.6 Å². The van der Waals surface area contributed by atoms with Crippen LogP contribution in [-0.4, -0.2) is 29.8 Å². The molecule has 3 heterocycles. The monoisotopic (exact) mass is 540 g/mol. The Kier molecular flexibility index (Phi) is 7.11. The molecule has 0 aliphatic carbocycles. The molecule has 5 aromatic rings. The molecule has 0 aliphatic heterocycles. The van der Waals surface area contributed by atoms with Crippen LogP contribution < -0.4 is 21.3 Å². The molecule has 202 valence electrons. The molecule has 11 heteroatoms. The maximum Gasteiger partial charge on any atom is 0.335 e. The van der Waals surface area contributed by atoms with Crippen LogP contribution in [0.25, 0.3) is 16.9 Å². The molecule has 1 amide bonds. The summed E-state index contributed by atoms with van der Waals surface area (Å²) in [5.74, 6) is -1.22. The van der Waals surface area contributed by atoms with E-state index in [2.05, 4.69) is 15.4 Å². The summed E-state index contributed by atoms with van der Waals surface area (Å²) in [5, 5.41) is 6.67. The number of nitrogens with one attached hydrogen (secondary N) is 1. The number of anilines is 1. The first-order valence-corrected chi connectivity index (χ1v) is 12.4. The zero-order valence-electron chi connectivity index (χ0n) is 21.9. The van der Waals surface area contributed by atoms with Crippen molar-refractivity contribution in [2.45, 2.75) is 19.9 Å². The summed E-state index contributed by atoms with van der Waals surface area (Å²) in [6, 6.07) is 15.2. The Morgan fingerprint density at radius 3 is 2.48 bits per heavy atom. The van der Waals surface area contributed by atoms with E-state index in [0.29, 0.717) is 17.1 Å². The second-order valence-corrected chi connectivity index (χ2v) is 9.28. The average molecular weight is 541 g/mol. The van der Waals surface area contributed by atoms with E-state index < -0.39 is 23.0 Å². The number of para-hydroxylation sites is 1. The van der Waals surface area contributed by atoms with E-state index in [4.69, 9.17) is 4.74 Å². The molecule has 0 radical (unpaired) electrons. The molecule has 1 N–H and O–H groups in total. The van der Waals surface area contributed by atoms with E-state index >= 15 is 0 Å². The van der Waals surface area contributed by atoms with Crippen LogP contribution in [0, 0.1) is 5.82 Å². The van der Waals surface area contributed by atoms with Gasteiger partial charge in [-0.25, -0.2) is 13.8 Å². The highest BCUT2D eigenvalue weighted by Crippen LogP contribution is 2.29. The van der Waals surface area contributed by atoms with Crippen molar-refractivity contribution in [2.24, 2.45) is 7.05 Å². The van der Waals surface area contributed by atoms with E-state index in [-0.39, 0.29) is 23.0 Å². The lowest BCUT2D eigenvalue weighted by Crippen LogP contribution is -2.42. The molecule has 0 saturated heterocycles. The number of aryl methyl sites for hydroxylation is 1. The third kappa shape index (κ3) is 5.30. The molecular weight excluding hydrogens is 515 g/mol. The molecule has 5 rings (SSSR count). The van der Waals surface area contributed by atoms with Gasteiger partial charge in [0.2, 0.25) is 0 Å². The SMILES string of the molecule is CC(C)n1cc(C(=O)Nc2ccc(Oc3ccnc(-c4cnn(C)c4)c3)c(F)c2)c(=O)n(-c2ccccc2)c1=O. The first-order chi connectivity index (χ1) is 19.2. The summed E-state index contributed by atoms with van der Waals surface area (Å²) in [6.45, 7) is 3.53. The first-order valence-electron chi connectivity index (χ1n) is 12.4. The molecule has 0 atom stereocenters. The number of benzene rings is 2. The van der Waals surface area contributed by atoms with Gasteiger partial charge in [0, 0.05) is 55.1 Å². The molecule has 0 spiro atoms. The minimum absolute atomic E-state index is 0.0684. The molecule has 2 aromatic carbocycles. The fourth-order valence-electron chi connectivity index (χ4n) is 4.08. The van der Waals surface area contributed by atoms with Crippen molar-refractivity contribution in [1.82, 2.24) is 23.9 Å². The number of amides is 1. The molecule has 0 aliphatic rings. The zero-order chi connectivity index (χ0) is 28.4. The van der Waals surface area contributed by atoms with Crippen molar-refractivity contribution < 1.29 is 13.9 Å². The van der Waals surface area contributed by atoms with Crippen molar-refractivity contribution >= 4 is 11.6 Å². The van der Waals surface area contributed by atoms with E-state index in [1.165, 1.54) is 22.9 Å². The number of carbonyl (C=O) groups excluding carboxylic acids is 1. The normalized spacial score (nSPS) is 11.0. The third-order valence-corrected chi connectivity index (χ3v) is 6.08. The van der Waals surface area contributed by atoms with Crippen molar-refractivity contribution in [1.29, 1.82) is 0 Å². The Balaban J connectivity index is 1.40. The topological polar surface area (TPSA) is 113 Å². The third-order valence-electron chi connectivity index (χ3n) is 6.08. The van der Waals surface area contributed by atoms with Crippen LogP contribution in [-0.2, 0) is 7.05 Å². The fraction of sp³-hybridized carbons (Fsp3) is 0.138. The highest BCUT2D eigenvalue weighted by molar-refractivity contribution is 6.03. The lowest BCUT2D eigenvalue weighted by Gasteiger charge is -2.16. The van der Waals surface area contributed by atoms with Crippen LogP contribution in [0.1, 0.15) is 30.2 Å². The van der Waals surface area contributed by atoms with Gasteiger partial charge in [-0.3, -0.25) is 23.8 Å². The van der Waals surface area contributed by atoms with E-state index in [1.54, 1.807) is 86.6 Å². The van der Waals surface area contributed by atoms with Gasteiger partial charge in [-0.1, -0.05) is 18.2 Å². The summed E-state index contributed by atoms with van der Waals surface area (Å²) < 4.78 is 24.6. The first kappa shape index (κ1) is 26.3. The minimum atomic E-state index is -0.785. The van der Waals surface area contributed by atoms with E-state index in [9.17, 15) is 18.8 Å². The number of hydrogen-bond acceptors (Lipinski definition) is 6. The minimum Gasteiger partial charge on any atom is -0.454 e. The summed E-state index contributed by atoms with van der Waals surface area (Å²) in [6.07, 6.45) is 6.22. The van der Waals surface area contributed by atoms with Gasteiger partial charge in [0.1, 0.15) is 11.3 Å². The van der Waals surface area contributed by atoms with E-state index in [0.717, 1.165) is 16.2 Å². The number of rotatable bonds is 7. The maximum absolute atomic E-state index is 15.0. The van der Waals surface area contributed by atoms with Crippen molar-refractivity contribution in [2.75, 3.05) is 5.32 Å². The Bertz CT molecular complexity index is 1820. The Morgan fingerprint density at radius 2 is 1.80 bits per heavy atom. The number of carbonyl (C=O) groups is 1. The lowest BCUT2D eigenvalue weighted by molar-refractivity contribution is 0.102. The van der Waals surface area contributed by atoms with Crippen LogP contribution in [0.15, 0.2) is 95.0 Å². The van der Waals surface area contributed by atoms with Gasteiger partial charge in [-0.05, 0) is 44.2 Å². The summed E-state index contributed by atoms with van der Waals surface area (Å²) in [7, 11) is 1.79. The average Bonchev–Trinajstić information content (AvgIpc) is 3.37. The molecule has 0 saturated carbocycles. The fourth-order valence-corrected chi connectivity index (χ4v) is 4.08. The second-order valence-electron chi connectivity index (χ2n) is 9.28. The van der Waals surface area contributed by atoms with Gasteiger partial charge < -0.3 is 10.1 Å². The Labute approximate surface area is 227 Å². The number of halogens is 1. The molecule has 40 heavy (non-hydrogen) atoms. The molecule has 0 bridgehead atoms. The van der Waals surface area contributed by atoms with Gasteiger partial charge in [0.25, 0.3) is 11.5 Å². The number of pyridine rings is 1. The van der Waals surface area contributed by atoms with Crippen LogP contribution in [0.2, 0.25) is 0 Å². The van der Waals surface area contributed by atoms with Gasteiger partial charge >= 0.3 is 5.69 Å². The quantitative estimate of drug-likeness (QED) is 0.324. The summed E-state index contributed by atoms with van der Waals surface area (Å²) in [5.41, 5.74) is 0.203. The Hall–Kier alpha value is -5.32. The van der Waals surface area contributed by atoms with Crippen molar-refractivity contribution in [3.63, 3.8) is 0 Å². The number of aromatic nitrogens is 5. The van der Waals surface area contributed by atoms with Gasteiger partial charge in [-0.15, -0.1) is 0 Å². The largest absolute Gasteiger partial charge is 0.454 e. The standard InChI is InChI=1S/C29H25FN6O4/c1-18(2)35-17-23(28(38)36(29(35)39)21-7-5-4-6-8-21)27(37)33-20-9-10-26(24(30)13-20)40-22-11-12-31-25(14-22)19-15-32-34(3)16-19/h4-18H,1-3H3,(H,33,37). The lowest BCUT2D eigenvalue weighted by atomic mass is 10.2. The van der Waals surface area contributed by atoms with Gasteiger partial charge in [0.15, 0.2) is 11.6 Å². The number of hydrogen-bond donors (Lipinski definition) is 1. The molecule has 0 unspecified atom stereocenters. The number of nitrogens with zero attached hydrogens (tertiary/aromatic N) is 5. The second kappa shape index (κ2) is 10.8. The molecule has 10 nitrogen and oxygen atoms in total. The van der Waals surface area contributed by atoms with Crippen molar-refractivity contribution in [3.8, 4) is 28.4 Å². The van der Waals surface area contributed by atoms with Crippen LogP contribution in [0.4, 0.5) is 10.1 Å². The smallest absolute Gasteiger partial charge is 0.335 e. The van der Waals surface area contributed by atoms with Gasteiger partial charge in [-0.2, -0.15) is 5.10 Å². The maximum atomic E-state index is 15.0. The summed E-state index contributed by atoms with van der Waals surface area (Å²) >= 11 is 0. The van der Waals surface area contributed by atoms with Crippen LogP contribution >= 0.6 is 0 Å². The van der Waals surface area contributed by atoms with E-state index in [1.807, 2.05) is 0 Å². The Morgan fingerprint density at radius 1 is 1.02 bits per heavy atom. The molecule has 0 fully saturated rings. The predicted octanol–water partition coefficient (Wildman–Crippen LogP) is 4.56. The zero-order valence-corrected chi connectivity index (χ0v) is 21.9. The summed E-state index contributed by atoms with van der Waals surface area (Å²) in [4.78, 5) is 43.7. The van der Waals surface area contributed by atoms with Crippen LogP contribution in [0.5, 0.6) is 11.5 Å². The van der Waals surface area contributed by atoms with Crippen LogP contribution in [0.3, 0.4) is 0 Å². The predicted molar refractivity (Wildman–Crippen MR) is 148 cm³/mol. The molecule has 3 aromatic heterocycles. The molecular formula is C29H25FN6O4.